The Labute approximate surface area is 622 Å². The summed E-state index contributed by atoms with van der Waals surface area (Å²) in [4.78, 5) is 63.9. The minimum atomic E-state index is -1.40. The van der Waals surface area contributed by atoms with E-state index in [1.165, 1.54) is 192 Å². The largest absolute Gasteiger partial charge is 0.356 e. The second-order valence-corrected chi connectivity index (χ2v) is 37.5. The second-order valence-electron chi connectivity index (χ2n) is 29.3. The summed E-state index contributed by atoms with van der Waals surface area (Å²) >= 11 is 0. The molecule has 0 saturated carbocycles. The molecule has 6 aromatic carbocycles. The summed E-state index contributed by atoms with van der Waals surface area (Å²) < 4.78 is 0. The first-order valence-corrected chi connectivity index (χ1v) is 44.7. The van der Waals surface area contributed by atoms with Crippen molar-refractivity contribution in [3.05, 3.63) is 215 Å². The van der Waals surface area contributed by atoms with E-state index in [0.717, 1.165) is 50.4 Å². The summed E-state index contributed by atoms with van der Waals surface area (Å²) in [6.07, 6.45) is 37.8. The summed E-state index contributed by atoms with van der Waals surface area (Å²) in [5.41, 5.74) is 8.87. The fraction of sp³-hybridized carbons (Fsp3) is 0.534. The highest BCUT2D eigenvalue weighted by atomic mass is 31.2. The minimum Gasteiger partial charge on any atom is -0.356 e. The third-order valence-electron chi connectivity index (χ3n) is 20.3. The summed E-state index contributed by atoms with van der Waals surface area (Å²) in [5, 5.41) is 35.3. The molecule has 0 aliphatic heterocycles. The van der Waals surface area contributed by atoms with Crippen LogP contribution < -0.4 is 5.32 Å². The third-order valence-corrected chi connectivity index (χ3v) is 29.0. The van der Waals surface area contributed by atoms with E-state index in [4.69, 9.17) is 0 Å². The van der Waals surface area contributed by atoms with Gasteiger partial charge in [0.15, 0.2) is 0 Å². The van der Waals surface area contributed by atoms with Crippen LogP contribution in [0, 0.1) is 0 Å². The van der Waals surface area contributed by atoms with Crippen LogP contribution in [-0.4, -0.2) is 123 Å². The Morgan fingerprint density at radius 2 is 0.553 bits per heavy atom. The van der Waals surface area contributed by atoms with Gasteiger partial charge in [0.25, 0.3) is 0 Å². The number of hydrogen-bond acceptors (Lipinski definition) is 9. The average molecular weight is 1450 g/mol. The first kappa shape index (κ1) is 85.5. The van der Waals surface area contributed by atoms with Crippen molar-refractivity contribution >= 4 is 43.9 Å². The van der Waals surface area contributed by atoms with E-state index >= 15 is 0 Å². The van der Waals surface area contributed by atoms with Crippen molar-refractivity contribution in [3.8, 4) is 0 Å². The molecule has 6 aromatic rings. The van der Waals surface area contributed by atoms with Crippen LogP contribution in [0.4, 0.5) is 0 Å². The van der Waals surface area contributed by atoms with Crippen molar-refractivity contribution in [2.24, 2.45) is 0 Å². The Kier molecular flexibility index (Phi) is 43.6. The molecule has 4 amide bonds. The maximum absolute atomic E-state index is 12.9. The van der Waals surface area contributed by atoms with Crippen LogP contribution in [0.1, 0.15) is 239 Å². The van der Waals surface area contributed by atoms with Crippen molar-refractivity contribution in [2.45, 2.75) is 243 Å². The van der Waals surface area contributed by atoms with Crippen LogP contribution in [-0.2, 0) is 60.9 Å². The van der Waals surface area contributed by atoms with Crippen molar-refractivity contribution < 1.29 is 39.6 Å². The standard InChI is InChI=1S/C88H128N5O8P2/c1-78(94)91(99)67-41-13-10-36-58-85(95)59-61-87(97)92(100)68-42-22-37-63-89-86(96)60-62-88(98)93(101)69-43-23-40-66-90(64-38-11-6-2-4-8-14-44-70-102(72-79-46-24-16-25-47-79,73-80-48-26-17-27-49-80)74-81-50-28-18-29-51-81)65-39-12-7-3-5-9-15-45-71-103(75-82-52-30-19-31-53-82,76-83-54-32-20-33-55-83)77-84-56-34-21-35-57-84/h16-21,24-35,46-57,99-101H,2-15,22-23,36-45,58-77H2,1H3/q+1/p+1. The van der Waals surface area contributed by atoms with E-state index in [2.05, 4.69) is 192 Å². The molecule has 0 heterocycles. The van der Waals surface area contributed by atoms with E-state index in [9.17, 15) is 39.6 Å². The Bertz CT molecular complexity index is 2840. The highest BCUT2D eigenvalue weighted by Crippen LogP contribution is 2.68. The summed E-state index contributed by atoms with van der Waals surface area (Å²) in [6.45, 7) is 5.56. The number of nitrogens with zero attached hydrogens (tertiary/aromatic N) is 4. The first-order chi connectivity index (χ1) is 50.3. The number of hydrogen-bond donors (Lipinski definition) is 4. The highest BCUT2D eigenvalue weighted by Gasteiger charge is 2.39. The summed E-state index contributed by atoms with van der Waals surface area (Å²) in [5.74, 6) is -1.66. The minimum absolute atomic E-state index is 0.0172. The molecule has 0 fully saturated rings. The van der Waals surface area contributed by atoms with Crippen LogP contribution >= 0.6 is 14.5 Å². The van der Waals surface area contributed by atoms with Gasteiger partial charge >= 0.3 is 0 Å². The van der Waals surface area contributed by atoms with Gasteiger partial charge in [-0.2, -0.15) is 0 Å². The molecule has 0 aromatic heterocycles. The van der Waals surface area contributed by atoms with Crippen molar-refractivity contribution in [2.75, 3.05) is 58.1 Å². The summed E-state index contributed by atoms with van der Waals surface area (Å²) in [6, 6.07) is 67.5. The molecule has 0 bridgehead atoms. The molecule has 0 spiro atoms. The average Bonchev–Trinajstić information content (AvgIpc) is 0.824. The molecule has 15 heteroatoms. The Morgan fingerprint density at radius 3 is 0.883 bits per heavy atom. The number of carbonyl (C=O) groups is 5. The fourth-order valence-electron chi connectivity index (χ4n) is 14.5. The zero-order valence-electron chi connectivity index (χ0n) is 62.9. The van der Waals surface area contributed by atoms with Gasteiger partial charge in [-0.15, -0.1) is 0 Å². The Balaban J connectivity index is 0.875. The maximum Gasteiger partial charge on any atom is 0.246 e. The summed E-state index contributed by atoms with van der Waals surface area (Å²) in [7, 11) is -2.80. The number of Topliss-reactive ketones (excluding diaryl/α,β-unsaturated/α-hetero) is 1. The molecule has 0 saturated heterocycles. The lowest BCUT2D eigenvalue weighted by atomic mass is 10.1. The van der Waals surface area contributed by atoms with Crippen LogP contribution in [0.3, 0.4) is 0 Å². The predicted octanol–water partition coefficient (Wildman–Crippen LogP) is 21.0. The molecule has 0 aliphatic carbocycles. The fourth-order valence-corrected chi connectivity index (χ4v) is 23.8. The Hall–Kier alpha value is -6.43. The molecule has 103 heavy (non-hydrogen) atoms. The number of carbonyl (C=O) groups excluding carboxylic acids is 5. The van der Waals surface area contributed by atoms with Crippen molar-refractivity contribution in [3.63, 3.8) is 0 Å². The molecule has 0 radical (unpaired) electrons. The van der Waals surface area contributed by atoms with Crippen LogP contribution in [0.2, 0.25) is 0 Å². The van der Waals surface area contributed by atoms with Gasteiger partial charge in [0.2, 0.25) is 23.6 Å². The van der Waals surface area contributed by atoms with Gasteiger partial charge in [0, 0.05) is 79.7 Å². The Morgan fingerprint density at radius 1 is 0.291 bits per heavy atom. The lowest BCUT2D eigenvalue weighted by Gasteiger charge is -2.29. The van der Waals surface area contributed by atoms with E-state index in [0.29, 0.717) is 61.6 Å². The van der Waals surface area contributed by atoms with E-state index in [1.54, 1.807) is 0 Å². The van der Waals surface area contributed by atoms with Gasteiger partial charge in [-0.05, 0) is 136 Å². The second kappa shape index (κ2) is 52.5. The number of amides is 4. The first-order valence-electron chi connectivity index (χ1n) is 39.7. The normalized spacial score (nSPS) is 11.6. The van der Waals surface area contributed by atoms with Gasteiger partial charge in [0.05, 0.1) is 49.3 Å². The number of nitrogens with one attached hydrogen (secondary N) is 1. The molecule has 0 aliphatic rings. The highest BCUT2D eigenvalue weighted by molar-refractivity contribution is 7.74. The van der Waals surface area contributed by atoms with Crippen molar-refractivity contribution in [1.82, 2.24) is 25.4 Å². The zero-order chi connectivity index (χ0) is 73.1. The topological polar surface area (TPSA) is 171 Å². The van der Waals surface area contributed by atoms with Gasteiger partial charge in [-0.3, -0.25) is 39.6 Å². The van der Waals surface area contributed by atoms with Crippen LogP contribution in [0.5, 0.6) is 0 Å². The van der Waals surface area contributed by atoms with Gasteiger partial charge in [-0.1, -0.05) is 265 Å². The SMILES string of the molecule is CC(=O)N(O)CCCCCCC(=O)CCC(=O)N(O)CCCCCNC(=O)CCC(=O)N(O)CCCCCN(CCCCCCCCCC[P+](Cc1ccccc1)(Cc1ccccc1)Cc1ccccc1)CCCCCCCCCC[P+](Cc1ccccc1)(Cc1ccccc1)Cc1ccccc1. The molecular weight excluding hydrogens is 1320 g/mol. The van der Waals surface area contributed by atoms with Gasteiger partial charge in [-0.25, -0.2) is 15.2 Å². The smallest absolute Gasteiger partial charge is 0.246 e. The van der Waals surface area contributed by atoms with Gasteiger partial charge in [0.1, 0.15) is 5.78 Å². The van der Waals surface area contributed by atoms with Gasteiger partial charge < -0.3 is 10.2 Å². The predicted molar refractivity (Wildman–Crippen MR) is 428 cm³/mol. The number of unbranched alkanes of at least 4 members (excludes halogenated alkanes) is 21. The number of rotatable bonds is 59. The monoisotopic (exact) mass is 1450 g/mol. The lowest BCUT2D eigenvalue weighted by molar-refractivity contribution is -0.166. The van der Waals surface area contributed by atoms with Crippen LogP contribution in [0.15, 0.2) is 182 Å². The number of hydroxylamine groups is 6. The molecular formula is C88H129N5O8P2+2. The molecule has 0 unspecified atom stereocenters. The zero-order valence-corrected chi connectivity index (χ0v) is 64.7. The number of ketones is 1. The molecule has 6 rings (SSSR count). The lowest BCUT2D eigenvalue weighted by Crippen LogP contribution is -2.31. The van der Waals surface area contributed by atoms with Crippen molar-refractivity contribution in [1.29, 1.82) is 0 Å². The number of benzene rings is 6. The van der Waals surface area contributed by atoms with E-state index < -0.39 is 32.2 Å². The van der Waals surface area contributed by atoms with E-state index in [1.807, 2.05) is 0 Å². The third kappa shape index (κ3) is 38.4. The molecule has 13 nitrogen and oxygen atoms in total. The quantitative estimate of drug-likeness (QED) is 0.0126. The molecule has 0 atom stereocenters. The molecule has 562 valence electrons. The molecule has 4 N–H and O–H groups in total. The van der Waals surface area contributed by atoms with Crippen LogP contribution in [0.25, 0.3) is 0 Å². The maximum atomic E-state index is 12.9. The van der Waals surface area contributed by atoms with E-state index in [-0.39, 0.29) is 57.0 Å².